The van der Waals surface area contributed by atoms with Gasteiger partial charge in [-0.1, -0.05) is 0 Å². The molecule has 0 aromatic carbocycles. The topological polar surface area (TPSA) is 66.3 Å². The standard InChI is InChI=1S/C12H19N3O2S/c1-15-4-2-10(7-15)6-13-11(16)14-8-12(17)3-5-18-9-12/h2,4,7,17H,3,5-6,8-9H2,1H3,(H2,13,14,16). The molecule has 1 unspecified atom stereocenters. The average Bonchev–Trinajstić information content (AvgIpc) is 2.94. The van der Waals surface area contributed by atoms with Gasteiger partial charge < -0.3 is 20.3 Å². The Bertz CT molecular complexity index is 413. The van der Waals surface area contributed by atoms with E-state index in [-0.39, 0.29) is 6.03 Å². The van der Waals surface area contributed by atoms with Crippen LogP contribution in [-0.4, -0.2) is 39.4 Å². The molecule has 100 valence electrons. The van der Waals surface area contributed by atoms with Gasteiger partial charge in [0.2, 0.25) is 0 Å². The van der Waals surface area contributed by atoms with Crippen LogP contribution in [0.25, 0.3) is 0 Å². The lowest BCUT2D eigenvalue weighted by atomic mass is 10.0. The van der Waals surface area contributed by atoms with Gasteiger partial charge in [-0.3, -0.25) is 0 Å². The first-order chi connectivity index (χ1) is 8.57. The van der Waals surface area contributed by atoms with Gasteiger partial charge in [0.05, 0.1) is 5.60 Å². The molecule has 0 saturated carbocycles. The summed E-state index contributed by atoms with van der Waals surface area (Å²) in [5.74, 6) is 1.66. The number of hydrogen-bond donors (Lipinski definition) is 3. The number of aromatic nitrogens is 1. The fraction of sp³-hybridized carbons (Fsp3) is 0.583. The van der Waals surface area contributed by atoms with Crippen molar-refractivity contribution in [3.05, 3.63) is 24.0 Å². The molecule has 0 radical (unpaired) electrons. The van der Waals surface area contributed by atoms with Gasteiger partial charge in [0.1, 0.15) is 0 Å². The molecule has 1 aliphatic heterocycles. The van der Waals surface area contributed by atoms with E-state index in [9.17, 15) is 9.90 Å². The number of nitrogens with zero attached hydrogens (tertiary/aromatic N) is 1. The van der Waals surface area contributed by atoms with Gasteiger partial charge in [-0.15, -0.1) is 0 Å². The van der Waals surface area contributed by atoms with Crippen LogP contribution in [0.3, 0.4) is 0 Å². The summed E-state index contributed by atoms with van der Waals surface area (Å²) in [7, 11) is 1.94. The van der Waals surface area contributed by atoms with E-state index in [0.29, 0.717) is 18.8 Å². The molecule has 1 saturated heterocycles. The number of aliphatic hydroxyl groups is 1. The van der Waals surface area contributed by atoms with Crippen LogP contribution < -0.4 is 10.6 Å². The highest BCUT2D eigenvalue weighted by atomic mass is 32.2. The summed E-state index contributed by atoms with van der Waals surface area (Å²) < 4.78 is 1.94. The summed E-state index contributed by atoms with van der Waals surface area (Å²) in [6.45, 7) is 0.820. The van der Waals surface area contributed by atoms with Crippen molar-refractivity contribution in [1.29, 1.82) is 0 Å². The van der Waals surface area contributed by atoms with E-state index in [2.05, 4.69) is 10.6 Å². The minimum atomic E-state index is -0.727. The maximum atomic E-state index is 11.6. The van der Waals surface area contributed by atoms with Gasteiger partial charge in [0, 0.05) is 38.3 Å². The van der Waals surface area contributed by atoms with Crippen LogP contribution >= 0.6 is 11.8 Å². The highest BCUT2D eigenvalue weighted by molar-refractivity contribution is 7.99. The Kier molecular flexibility index (Phi) is 4.19. The molecule has 18 heavy (non-hydrogen) atoms. The van der Waals surface area contributed by atoms with Crippen molar-refractivity contribution < 1.29 is 9.90 Å². The molecule has 0 spiro atoms. The number of hydrogen-bond acceptors (Lipinski definition) is 3. The van der Waals surface area contributed by atoms with E-state index in [0.717, 1.165) is 17.7 Å². The maximum absolute atomic E-state index is 11.6. The lowest BCUT2D eigenvalue weighted by Gasteiger charge is -2.21. The normalized spacial score (nSPS) is 23.0. The van der Waals surface area contributed by atoms with Crippen LogP contribution in [0.2, 0.25) is 0 Å². The van der Waals surface area contributed by atoms with Crippen molar-refractivity contribution in [2.24, 2.45) is 7.05 Å². The molecule has 1 aliphatic rings. The van der Waals surface area contributed by atoms with E-state index in [4.69, 9.17) is 0 Å². The van der Waals surface area contributed by atoms with Crippen LogP contribution in [0, 0.1) is 0 Å². The molecule has 0 aliphatic carbocycles. The average molecular weight is 269 g/mol. The third-order valence-electron chi connectivity index (χ3n) is 3.01. The maximum Gasteiger partial charge on any atom is 0.315 e. The molecule has 1 aromatic heterocycles. The Morgan fingerprint density at radius 2 is 2.44 bits per heavy atom. The number of thioether (sulfide) groups is 1. The minimum Gasteiger partial charge on any atom is -0.387 e. The fourth-order valence-corrected chi connectivity index (χ4v) is 3.19. The van der Waals surface area contributed by atoms with Crippen LogP contribution in [-0.2, 0) is 13.6 Å². The van der Waals surface area contributed by atoms with E-state index in [1.54, 1.807) is 11.8 Å². The first-order valence-electron chi connectivity index (χ1n) is 6.00. The predicted molar refractivity (Wildman–Crippen MR) is 72.5 cm³/mol. The highest BCUT2D eigenvalue weighted by Crippen LogP contribution is 2.26. The van der Waals surface area contributed by atoms with Crippen LogP contribution in [0.1, 0.15) is 12.0 Å². The number of nitrogens with one attached hydrogen (secondary N) is 2. The van der Waals surface area contributed by atoms with Crippen molar-refractivity contribution in [3.63, 3.8) is 0 Å². The number of carbonyl (C=O) groups is 1. The highest BCUT2D eigenvalue weighted by Gasteiger charge is 2.31. The minimum absolute atomic E-state index is 0.232. The number of aryl methyl sites for hydroxylation is 1. The molecule has 6 heteroatoms. The number of amides is 2. The molecule has 1 atom stereocenters. The quantitative estimate of drug-likeness (QED) is 0.753. The monoisotopic (exact) mass is 269 g/mol. The van der Waals surface area contributed by atoms with Crippen molar-refractivity contribution in [2.45, 2.75) is 18.6 Å². The van der Waals surface area contributed by atoms with Gasteiger partial charge in [-0.05, 0) is 23.8 Å². The number of carbonyl (C=O) groups excluding carboxylic acids is 1. The second-order valence-electron chi connectivity index (χ2n) is 4.75. The lowest BCUT2D eigenvalue weighted by Crippen LogP contribution is -2.46. The molecule has 3 N–H and O–H groups in total. The summed E-state index contributed by atoms with van der Waals surface area (Å²) in [5, 5.41) is 15.6. The van der Waals surface area contributed by atoms with E-state index in [1.165, 1.54) is 0 Å². The third kappa shape index (κ3) is 3.68. The molecule has 1 fully saturated rings. The molecule has 2 amide bonds. The van der Waals surface area contributed by atoms with Crippen molar-refractivity contribution >= 4 is 17.8 Å². The molecule has 1 aromatic rings. The molecular weight excluding hydrogens is 250 g/mol. The molecule has 0 bridgehead atoms. The van der Waals surface area contributed by atoms with Gasteiger partial charge in [-0.25, -0.2) is 4.79 Å². The Morgan fingerprint density at radius 3 is 3.06 bits per heavy atom. The Morgan fingerprint density at radius 1 is 1.61 bits per heavy atom. The van der Waals surface area contributed by atoms with Gasteiger partial charge in [0.15, 0.2) is 0 Å². The van der Waals surface area contributed by atoms with Crippen LogP contribution in [0.15, 0.2) is 18.5 Å². The zero-order valence-corrected chi connectivity index (χ0v) is 11.3. The summed E-state index contributed by atoms with van der Waals surface area (Å²) in [6.07, 6.45) is 4.64. The molecule has 5 nitrogen and oxygen atoms in total. The smallest absolute Gasteiger partial charge is 0.315 e. The van der Waals surface area contributed by atoms with Crippen LogP contribution in [0.4, 0.5) is 4.79 Å². The number of rotatable bonds is 4. The van der Waals surface area contributed by atoms with Crippen molar-refractivity contribution in [1.82, 2.24) is 15.2 Å². The summed E-state index contributed by atoms with van der Waals surface area (Å²) in [5.41, 5.74) is 0.331. The van der Waals surface area contributed by atoms with Gasteiger partial charge in [-0.2, -0.15) is 11.8 Å². The summed E-state index contributed by atoms with van der Waals surface area (Å²) in [4.78, 5) is 11.6. The predicted octanol–water partition coefficient (Wildman–Crippen LogP) is 0.692. The largest absolute Gasteiger partial charge is 0.387 e. The van der Waals surface area contributed by atoms with E-state index < -0.39 is 5.60 Å². The molecular formula is C12H19N3O2S. The second-order valence-corrected chi connectivity index (χ2v) is 5.85. The van der Waals surface area contributed by atoms with E-state index in [1.807, 2.05) is 30.1 Å². The Balaban J connectivity index is 1.69. The lowest BCUT2D eigenvalue weighted by molar-refractivity contribution is 0.0700. The Hall–Kier alpha value is -1.14. The van der Waals surface area contributed by atoms with Crippen molar-refractivity contribution in [3.8, 4) is 0 Å². The van der Waals surface area contributed by atoms with Crippen molar-refractivity contribution in [2.75, 3.05) is 18.1 Å². The molecule has 2 heterocycles. The zero-order valence-electron chi connectivity index (χ0n) is 10.5. The first kappa shape index (κ1) is 13.3. The van der Waals surface area contributed by atoms with Gasteiger partial charge >= 0.3 is 6.03 Å². The summed E-state index contributed by atoms with van der Waals surface area (Å²) >= 11 is 1.72. The fourth-order valence-electron chi connectivity index (χ4n) is 1.89. The Labute approximate surface area is 111 Å². The third-order valence-corrected chi connectivity index (χ3v) is 4.24. The van der Waals surface area contributed by atoms with Gasteiger partial charge in [0.25, 0.3) is 0 Å². The summed E-state index contributed by atoms with van der Waals surface area (Å²) in [6, 6.07) is 1.73. The first-order valence-corrected chi connectivity index (χ1v) is 7.16. The SMILES string of the molecule is Cn1ccc(CNC(=O)NCC2(O)CCSC2)c1. The zero-order chi connectivity index (χ0) is 13.0. The van der Waals surface area contributed by atoms with Crippen LogP contribution in [0.5, 0.6) is 0 Å². The number of urea groups is 1. The molecule has 2 rings (SSSR count). The van der Waals surface area contributed by atoms with E-state index >= 15 is 0 Å². The second kappa shape index (κ2) is 5.67.